The second kappa shape index (κ2) is 6.90. The number of nitrogens with one attached hydrogen (secondary N) is 1. The van der Waals surface area contributed by atoms with E-state index >= 15 is 0 Å². The third-order valence-electron chi connectivity index (χ3n) is 2.95. The van der Waals surface area contributed by atoms with E-state index in [2.05, 4.69) is 5.32 Å². The molecule has 0 aliphatic carbocycles. The van der Waals surface area contributed by atoms with Crippen LogP contribution in [0, 0.1) is 0 Å². The summed E-state index contributed by atoms with van der Waals surface area (Å²) in [5.74, 6) is -1.04. The highest BCUT2D eigenvalue weighted by Gasteiger charge is 2.06. The van der Waals surface area contributed by atoms with E-state index < -0.39 is 5.97 Å². The van der Waals surface area contributed by atoms with Crippen LogP contribution in [0.2, 0.25) is 5.02 Å². The summed E-state index contributed by atoms with van der Waals surface area (Å²) < 4.78 is 0. The van der Waals surface area contributed by atoms with E-state index in [0.717, 1.165) is 5.56 Å². The summed E-state index contributed by atoms with van der Waals surface area (Å²) in [4.78, 5) is 22.5. The maximum absolute atomic E-state index is 12.0. The maximum atomic E-state index is 12.0. The lowest BCUT2D eigenvalue weighted by Gasteiger charge is -2.06. The van der Waals surface area contributed by atoms with Gasteiger partial charge in [0.15, 0.2) is 0 Å². The Morgan fingerprint density at radius 3 is 2.19 bits per heavy atom. The Labute approximate surface area is 127 Å². The lowest BCUT2D eigenvalue weighted by atomic mass is 10.1. The predicted molar refractivity (Wildman–Crippen MR) is 81.8 cm³/mol. The van der Waals surface area contributed by atoms with E-state index in [-0.39, 0.29) is 12.3 Å². The van der Waals surface area contributed by atoms with Gasteiger partial charge in [0.2, 0.25) is 0 Å². The molecule has 0 atom stereocenters. The van der Waals surface area contributed by atoms with E-state index in [4.69, 9.17) is 16.7 Å². The lowest BCUT2D eigenvalue weighted by Crippen LogP contribution is -2.11. The Morgan fingerprint density at radius 2 is 1.62 bits per heavy atom. The van der Waals surface area contributed by atoms with Gasteiger partial charge >= 0.3 is 5.97 Å². The Balaban J connectivity index is 1.98. The van der Waals surface area contributed by atoms with Gasteiger partial charge in [-0.1, -0.05) is 23.7 Å². The van der Waals surface area contributed by atoms with Gasteiger partial charge in [0.25, 0.3) is 5.91 Å². The molecule has 0 unspecified atom stereocenters. The van der Waals surface area contributed by atoms with Gasteiger partial charge in [-0.2, -0.15) is 0 Å². The molecule has 2 aromatic rings. The van der Waals surface area contributed by atoms with Crippen LogP contribution >= 0.6 is 11.6 Å². The number of anilines is 1. The van der Waals surface area contributed by atoms with Crippen molar-refractivity contribution < 1.29 is 14.7 Å². The van der Waals surface area contributed by atoms with Crippen molar-refractivity contribution in [2.75, 3.05) is 5.32 Å². The summed E-state index contributed by atoms with van der Waals surface area (Å²) in [7, 11) is 0. The number of carboxylic acid groups (broad SMARTS) is 1. The third kappa shape index (κ3) is 4.61. The first-order chi connectivity index (χ1) is 10.0. The van der Waals surface area contributed by atoms with Crippen LogP contribution in [0.15, 0.2) is 48.5 Å². The van der Waals surface area contributed by atoms with Crippen molar-refractivity contribution in [2.45, 2.75) is 12.8 Å². The fourth-order valence-corrected chi connectivity index (χ4v) is 1.94. The molecule has 1 amide bonds. The Morgan fingerprint density at radius 1 is 1.00 bits per heavy atom. The first-order valence-electron chi connectivity index (χ1n) is 6.42. The molecule has 4 nitrogen and oxygen atoms in total. The van der Waals surface area contributed by atoms with Crippen LogP contribution in [0.5, 0.6) is 0 Å². The number of rotatable bonds is 5. The zero-order valence-corrected chi connectivity index (χ0v) is 11.9. The number of amides is 1. The van der Waals surface area contributed by atoms with Crippen LogP contribution in [-0.2, 0) is 11.2 Å². The molecule has 0 spiro atoms. The van der Waals surface area contributed by atoms with Crippen LogP contribution in [0.25, 0.3) is 0 Å². The van der Waals surface area contributed by atoms with Gasteiger partial charge < -0.3 is 10.4 Å². The zero-order chi connectivity index (χ0) is 15.2. The topological polar surface area (TPSA) is 66.4 Å². The van der Waals surface area contributed by atoms with Gasteiger partial charge in [-0.3, -0.25) is 9.59 Å². The number of halogens is 1. The highest BCUT2D eigenvalue weighted by Crippen LogP contribution is 2.14. The van der Waals surface area contributed by atoms with Crippen molar-refractivity contribution >= 4 is 29.2 Å². The molecule has 21 heavy (non-hydrogen) atoms. The minimum absolute atomic E-state index is 0.0937. The van der Waals surface area contributed by atoms with Crippen molar-refractivity contribution in [1.29, 1.82) is 0 Å². The van der Waals surface area contributed by atoms with Crippen molar-refractivity contribution in [1.82, 2.24) is 0 Å². The van der Waals surface area contributed by atoms with E-state index in [0.29, 0.717) is 22.7 Å². The van der Waals surface area contributed by atoms with Gasteiger partial charge in [0, 0.05) is 22.7 Å². The predicted octanol–water partition coefficient (Wildman–Crippen LogP) is 3.61. The second-order valence-corrected chi connectivity index (χ2v) is 4.99. The number of benzene rings is 2. The van der Waals surface area contributed by atoms with Gasteiger partial charge in [0.05, 0.1) is 0 Å². The normalized spacial score (nSPS) is 10.1. The first kappa shape index (κ1) is 15.1. The largest absolute Gasteiger partial charge is 0.481 e. The maximum Gasteiger partial charge on any atom is 0.303 e. The first-order valence-corrected chi connectivity index (χ1v) is 6.80. The van der Waals surface area contributed by atoms with Crippen LogP contribution in [0.4, 0.5) is 5.69 Å². The molecule has 2 N–H and O–H groups in total. The summed E-state index contributed by atoms with van der Waals surface area (Å²) in [6.07, 6.45) is 0.567. The fraction of sp³-hybridized carbons (Fsp3) is 0.125. The fourth-order valence-electron chi connectivity index (χ4n) is 1.81. The number of aliphatic carboxylic acids is 1. The van der Waals surface area contributed by atoms with Crippen LogP contribution in [0.3, 0.4) is 0 Å². The van der Waals surface area contributed by atoms with Gasteiger partial charge in [0.1, 0.15) is 0 Å². The molecular formula is C16H14ClNO3. The SMILES string of the molecule is O=C(O)CCc1ccc(NC(=O)c2ccc(Cl)cc2)cc1. The second-order valence-electron chi connectivity index (χ2n) is 4.55. The minimum atomic E-state index is -0.824. The van der Waals surface area contributed by atoms with E-state index in [1.54, 1.807) is 48.5 Å². The minimum Gasteiger partial charge on any atom is -0.481 e. The van der Waals surface area contributed by atoms with Crippen molar-refractivity contribution in [2.24, 2.45) is 0 Å². The molecule has 2 aromatic carbocycles. The Hall–Kier alpha value is -2.33. The highest BCUT2D eigenvalue weighted by molar-refractivity contribution is 6.30. The number of carbonyl (C=O) groups is 2. The monoisotopic (exact) mass is 303 g/mol. The number of hydrogen-bond acceptors (Lipinski definition) is 2. The molecule has 0 radical (unpaired) electrons. The molecule has 108 valence electrons. The van der Waals surface area contributed by atoms with Gasteiger partial charge in [-0.25, -0.2) is 0 Å². The molecule has 2 rings (SSSR count). The zero-order valence-electron chi connectivity index (χ0n) is 11.2. The van der Waals surface area contributed by atoms with E-state index in [1.165, 1.54) is 0 Å². The van der Waals surface area contributed by atoms with Crippen molar-refractivity contribution in [3.8, 4) is 0 Å². The number of aryl methyl sites for hydroxylation is 1. The summed E-state index contributed by atoms with van der Waals surface area (Å²) >= 11 is 5.77. The number of hydrogen-bond donors (Lipinski definition) is 2. The van der Waals surface area contributed by atoms with E-state index in [9.17, 15) is 9.59 Å². The molecule has 0 saturated carbocycles. The average molecular weight is 304 g/mol. The van der Waals surface area contributed by atoms with Crippen LogP contribution in [-0.4, -0.2) is 17.0 Å². The molecule has 0 aliphatic heterocycles. The summed E-state index contributed by atoms with van der Waals surface area (Å²) in [6, 6.07) is 13.7. The standard InChI is InChI=1S/C16H14ClNO3/c17-13-6-4-12(5-7-13)16(21)18-14-8-1-11(2-9-14)3-10-15(19)20/h1-2,4-9H,3,10H2,(H,18,21)(H,19,20). The average Bonchev–Trinajstić information content (AvgIpc) is 2.47. The lowest BCUT2D eigenvalue weighted by molar-refractivity contribution is -0.136. The number of carbonyl (C=O) groups excluding carboxylic acids is 1. The van der Waals surface area contributed by atoms with Crippen LogP contribution < -0.4 is 5.32 Å². The Bertz CT molecular complexity index is 636. The molecule has 0 aromatic heterocycles. The summed E-state index contributed by atoms with van der Waals surface area (Å²) in [6.45, 7) is 0. The highest BCUT2D eigenvalue weighted by atomic mass is 35.5. The Kier molecular flexibility index (Phi) is 4.95. The number of carboxylic acids is 1. The smallest absolute Gasteiger partial charge is 0.303 e. The molecular weight excluding hydrogens is 290 g/mol. The summed E-state index contributed by atoms with van der Waals surface area (Å²) in [5.41, 5.74) is 2.10. The molecule has 0 bridgehead atoms. The third-order valence-corrected chi connectivity index (χ3v) is 3.20. The van der Waals surface area contributed by atoms with Gasteiger partial charge in [-0.05, 0) is 48.4 Å². The molecule has 0 aliphatic rings. The summed E-state index contributed by atoms with van der Waals surface area (Å²) in [5, 5.41) is 12.0. The van der Waals surface area contributed by atoms with E-state index in [1.807, 2.05) is 0 Å². The van der Waals surface area contributed by atoms with Gasteiger partial charge in [-0.15, -0.1) is 0 Å². The van der Waals surface area contributed by atoms with Crippen LogP contribution in [0.1, 0.15) is 22.3 Å². The quantitative estimate of drug-likeness (QED) is 0.886. The molecule has 0 heterocycles. The molecule has 0 saturated heterocycles. The van der Waals surface area contributed by atoms with Crippen molar-refractivity contribution in [3.63, 3.8) is 0 Å². The molecule has 0 fully saturated rings. The molecule has 5 heteroatoms. The van der Waals surface area contributed by atoms with Crippen molar-refractivity contribution in [3.05, 3.63) is 64.7 Å².